The molecule has 98 valence electrons. The molecule has 2 aromatic heterocycles. The van der Waals surface area contributed by atoms with Gasteiger partial charge < -0.3 is 9.47 Å². The first-order chi connectivity index (χ1) is 9.42. The third kappa shape index (κ3) is 1.85. The zero-order valence-corrected chi connectivity index (χ0v) is 11.3. The Kier molecular flexibility index (Phi) is 2.58. The van der Waals surface area contributed by atoms with Crippen LogP contribution in [-0.4, -0.2) is 45.6 Å². The fourth-order valence-corrected chi connectivity index (χ4v) is 3.40. The topological polar surface area (TPSA) is 59.2 Å². The van der Waals surface area contributed by atoms with Gasteiger partial charge in [-0.3, -0.25) is 4.99 Å². The molecular weight excluding hydrogens is 260 g/mol. The average molecular weight is 274 g/mol. The molecule has 2 aliphatic heterocycles. The summed E-state index contributed by atoms with van der Waals surface area (Å²) < 4.78 is 2.09. The van der Waals surface area contributed by atoms with Gasteiger partial charge in [0.15, 0.2) is 16.8 Å². The van der Waals surface area contributed by atoms with E-state index in [2.05, 4.69) is 30.0 Å². The molecule has 0 aromatic carbocycles. The summed E-state index contributed by atoms with van der Waals surface area (Å²) in [6.45, 7) is 3.88. The van der Waals surface area contributed by atoms with Gasteiger partial charge in [0, 0.05) is 25.0 Å². The Hall–Kier alpha value is -1.76. The van der Waals surface area contributed by atoms with Gasteiger partial charge in [-0.15, -0.1) is 21.5 Å². The zero-order chi connectivity index (χ0) is 12.7. The van der Waals surface area contributed by atoms with E-state index in [9.17, 15) is 0 Å². The van der Waals surface area contributed by atoms with Crippen molar-refractivity contribution in [3.63, 3.8) is 0 Å². The van der Waals surface area contributed by atoms with Crippen LogP contribution >= 0.6 is 11.3 Å². The summed E-state index contributed by atoms with van der Waals surface area (Å²) in [7, 11) is 0. The van der Waals surface area contributed by atoms with Crippen LogP contribution in [-0.2, 0) is 6.54 Å². The molecule has 0 spiro atoms. The van der Waals surface area contributed by atoms with Crippen molar-refractivity contribution in [2.75, 3.05) is 24.5 Å². The van der Waals surface area contributed by atoms with E-state index in [1.54, 1.807) is 17.6 Å². The molecule has 0 bridgehead atoms. The number of aliphatic imine (C=N–C) groups is 1. The first-order valence-corrected chi connectivity index (χ1v) is 7.44. The van der Waals surface area contributed by atoms with Gasteiger partial charge in [-0.05, 0) is 12.8 Å². The van der Waals surface area contributed by atoms with Crippen LogP contribution in [0, 0.1) is 0 Å². The van der Waals surface area contributed by atoms with E-state index < -0.39 is 0 Å². The first-order valence-electron chi connectivity index (χ1n) is 6.56. The maximum absolute atomic E-state index is 4.72. The molecule has 7 heteroatoms. The highest BCUT2D eigenvalue weighted by molar-refractivity contribution is 7.14. The Balaban J connectivity index is 1.69. The summed E-state index contributed by atoms with van der Waals surface area (Å²) in [6.07, 6.45) is 4.32. The van der Waals surface area contributed by atoms with Gasteiger partial charge in [0.2, 0.25) is 0 Å². The number of fused-ring (bicyclic) bond motifs is 1. The normalized spacial score (nSPS) is 18.0. The Bertz CT molecular complexity index is 622. The van der Waals surface area contributed by atoms with Gasteiger partial charge >= 0.3 is 0 Å². The van der Waals surface area contributed by atoms with Crippen molar-refractivity contribution >= 4 is 22.7 Å². The molecule has 0 unspecified atom stereocenters. The van der Waals surface area contributed by atoms with Crippen molar-refractivity contribution in [3.8, 4) is 11.5 Å². The standard InChI is InChI=1S/C12H14N6S/c1-2-5-17(4-1)12-14-9(8-19-12)11-16-15-10-7-13-3-6-18(10)11/h7-8H,1-6H2. The van der Waals surface area contributed by atoms with Crippen LogP contribution in [0.1, 0.15) is 18.7 Å². The largest absolute Gasteiger partial charge is 0.348 e. The molecule has 0 aliphatic carbocycles. The molecule has 1 fully saturated rings. The third-order valence-electron chi connectivity index (χ3n) is 3.54. The summed E-state index contributed by atoms with van der Waals surface area (Å²) in [5.74, 6) is 1.69. The minimum absolute atomic E-state index is 0.793. The molecule has 2 aliphatic rings. The number of nitrogens with zero attached hydrogens (tertiary/aromatic N) is 6. The minimum Gasteiger partial charge on any atom is -0.348 e. The van der Waals surface area contributed by atoms with Crippen molar-refractivity contribution < 1.29 is 0 Å². The molecular formula is C12H14N6S. The lowest BCUT2D eigenvalue weighted by molar-refractivity contribution is 0.691. The Morgan fingerprint density at radius 2 is 2.00 bits per heavy atom. The van der Waals surface area contributed by atoms with Crippen molar-refractivity contribution in [3.05, 3.63) is 11.2 Å². The molecule has 2 aromatic rings. The monoisotopic (exact) mass is 274 g/mol. The van der Waals surface area contributed by atoms with Crippen LogP contribution < -0.4 is 4.90 Å². The molecule has 4 heterocycles. The molecule has 0 saturated carbocycles. The van der Waals surface area contributed by atoms with Crippen molar-refractivity contribution in [2.45, 2.75) is 19.4 Å². The molecule has 4 rings (SSSR count). The molecule has 0 N–H and O–H groups in total. The number of thiazole rings is 1. The fourth-order valence-electron chi connectivity index (χ4n) is 2.55. The summed E-state index contributed by atoms with van der Waals surface area (Å²) in [4.78, 5) is 11.3. The first kappa shape index (κ1) is 11.1. The maximum Gasteiger partial charge on any atom is 0.185 e. The second-order valence-corrected chi connectivity index (χ2v) is 5.61. The molecule has 0 atom stereocenters. The van der Waals surface area contributed by atoms with Crippen LogP contribution in [0.3, 0.4) is 0 Å². The van der Waals surface area contributed by atoms with Crippen molar-refractivity contribution in [1.82, 2.24) is 19.7 Å². The number of rotatable bonds is 2. The lowest BCUT2D eigenvalue weighted by Gasteiger charge is -2.12. The second-order valence-electron chi connectivity index (χ2n) is 4.78. The number of hydrogen-bond donors (Lipinski definition) is 0. The smallest absolute Gasteiger partial charge is 0.185 e. The van der Waals surface area contributed by atoms with Gasteiger partial charge in [0.05, 0.1) is 12.8 Å². The lowest BCUT2D eigenvalue weighted by Crippen LogP contribution is -2.17. The highest BCUT2D eigenvalue weighted by Crippen LogP contribution is 2.29. The van der Waals surface area contributed by atoms with E-state index in [4.69, 9.17) is 4.98 Å². The van der Waals surface area contributed by atoms with E-state index in [0.29, 0.717) is 0 Å². The van der Waals surface area contributed by atoms with Gasteiger partial charge in [-0.2, -0.15) is 0 Å². The van der Waals surface area contributed by atoms with Crippen LogP contribution in [0.4, 0.5) is 5.13 Å². The Morgan fingerprint density at radius 1 is 1.11 bits per heavy atom. The van der Waals surface area contributed by atoms with Gasteiger partial charge in [-0.1, -0.05) is 0 Å². The average Bonchev–Trinajstić information content (AvgIpc) is 3.18. The molecule has 6 nitrogen and oxygen atoms in total. The van der Waals surface area contributed by atoms with E-state index in [0.717, 1.165) is 48.7 Å². The van der Waals surface area contributed by atoms with Crippen LogP contribution in [0.15, 0.2) is 10.4 Å². The third-order valence-corrected chi connectivity index (χ3v) is 4.44. The minimum atomic E-state index is 0.793. The van der Waals surface area contributed by atoms with E-state index in [-0.39, 0.29) is 0 Å². The quantitative estimate of drug-likeness (QED) is 0.831. The van der Waals surface area contributed by atoms with Gasteiger partial charge in [0.25, 0.3) is 0 Å². The number of hydrogen-bond acceptors (Lipinski definition) is 6. The van der Waals surface area contributed by atoms with E-state index >= 15 is 0 Å². The Labute approximate surface area is 114 Å². The zero-order valence-electron chi connectivity index (χ0n) is 10.5. The van der Waals surface area contributed by atoms with Crippen molar-refractivity contribution in [1.29, 1.82) is 0 Å². The number of anilines is 1. The molecule has 0 amide bonds. The second kappa shape index (κ2) is 4.41. The molecule has 1 saturated heterocycles. The van der Waals surface area contributed by atoms with Crippen molar-refractivity contribution in [2.24, 2.45) is 4.99 Å². The maximum atomic E-state index is 4.72. The Morgan fingerprint density at radius 3 is 2.89 bits per heavy atom. The summed E-state index contributed by atoms with van der Waals surface area (Å²) >= 11 is 1.70. The SMILES string of the molecule is C1=NCCn2c1nnc2-c1csc(N2CCCC2)n1. The predicted molar refractivity (Wildman–Crippen MR) is 75.0 cm³/mol. The van der Waals surface area contributed by atoms with Gasteiger partial charge in [-0.25, -0.2) is 4.98 Å². The summed E-state index contributed by atoms with van der Waals surface area (Å²) in [5, 5.41) is 11.6. The van der Waals surface area contributed by atoms with E-state index in [1.807, 2.05) is 0 Å². The van der Waals surface area contributed by atoms with Crippen LogP contribution in [0.2, 0.25) is 0 Å². The highest BCUT2D eigenvalue weighted by Gasteiger charge is 2.20. The fraction of sp³-hybridized carbons (Fsp3) is 0.500. The summed E-state index contributed by atoms with van der Waals surface area (Å²) in [5.41, 5.74) is 0.931. The highest BCUT2D eigenvalue weighted by atomic mass is 32.1. The molecule has 0 radical (unpaired) electrons. The number of aromatic nitrogens is 4. The predicted octanol–water partition coefficient (Wildman–Crippen LogP) is 1.43. The van der Waals surface area contributed by atoms with Crippen LogP contribution in [0.5, 0.6) is 0 Å². The summed E-state index contributed by atoms with van der Waals surface area (Å²) in [6, 6.07) is 0. The van der Waals surface area contributed by atoms with Gasteiger partial charge in [0.1, 0.15) is 5.69 Å². The molecule has 19 heavy (non-hydrogen) atoms. The van der Waals surface area contributed by atoms with Crippen LogP contribution in [0.25, 0.3) is 11.5 Å². The van der Waals surface area contributed by atoms with E-state index in [1.165, 1.54) is 12.8 Å². The lowest BCUT2D eigenvalue weighted by atomic mass is 10.4.